The Morgan fingerprint density at radius 1 is 0.867 bits per heavy atom. The molecular weight excluding hydrogens is 564 g/mol. The van der Waals surface area contributed by atoms with E-state index in [2.05, 4.69) is 22.4 Å². The lowest BCUT2D eigenvalue weighted by Crippen LogP contribution is -2.32. The molecule has 3 aromatic carbocycles. The third-order valence-corrected chi connectivity index (χ3v) is 7.33. The molecule has 45 heavy (non-hydrogen) atoms. The van der Waals surface area contributed by atoms with Gasteiger partial charge in [-0.1, -0.05) is 85.6 Å². The van der Waals surface area contributed by atoms with E-state index in [-0.39, 0.29) is 11.7 Å². The van der Waals surface area contributed by atoms with Crippen LogP contribution in [0.25, 0.3) is 17.1 Å². The molecule has 3 aromatic rings. The van der Waals surface area contributed by atoms with E-state index in [4.69, 9.17) is 14.5 Å². The molecule has 0 spiro atoms. The maximum absolute atomic E-state index is 13.6. The minimum atomic E-state index is -0.486. The fourth-order valence-corrected chi connectivity index (χ4v) is 5.19. The molecule has 0 saturated carbocycles. The molecule has 0 unspecified atom stereocenters. The number of rotatable bonds is 13. The molecule has 234 valence electrons. The van der Waals surface area contributed by atoms with Crippen molar-refractivity contribution in [3.05, 3.63) is 124 Å². The predicted octanol–water partition coefficient (Wildman–Crippen LogP) is 7.31. The fraction of sp³-hybridized carbons (Fsp3) is 0.324. The van der Waals surface area contributed by atoms with E-state index in [1.807, 2.05) is 99.8 Å². The average molecular weight is 607 g/mol. The van der Waals surface area contributed by atoms with E-state index < -0.39 is 5.60 Å². The Morgan fingerprint density at radius 2 is 1.58 bits per heavy atom. The molecule has 1 amide bonds. The lowest BCUT2D eigenvalue weighted by atomic mass is 10.1. The zero-order valence-corrected chi connectivity index (χ0v) is 26.3. The highest BCUT2D eigenvalue weighted by Gasteiger charge is 2.21. The van der Waals surface area contributed by atoms with Crippen LogP contribution in [0.3, 0.4) is 0 Å². The van der Waals surface area contributed by atoms with Crippen LogP contribution >= 0.6 is 0 Å². The van der Waals surface area contributed by atoms with E-state index in [9.17, 15) is 9.59 Å². The van der Waals surface area contributed by atoms with Gasteiger partial charge in [-0.2, -0.15) is 0 Å². The molecule has 8 heteroatoms. The van der Waals surface area contributed by atoms with Crippen molar-refractivity contribution in [3.63, 3.8) is 0 Å². The van der Waals surface area contributed by atoms with Gasteiger partial charge >= 0.3 is 6.09 Å². The van der Waals surface area contributed by atoms with Gasteiger partial charge in [0.2, 0.25) is 0 Å². The van der Waals surface area contributed by atoms with E-state index in [0.29, 0.717) is 37.5 Å². The van der Waals surface area contributed by atoms with Crippen molar-refractivity contribution < 1.29 is 14.3 Å². The number of imidazole rings is 1. The van der Waals surface area contributed by atoms with Gasteiger partial charge in [-0.3, -0.25) is 9.36 Å². The van der Waals surface area contributed by atoms with E-state index in [1.165, 1.54) is 0 Å². The minimum Gasteiger partial charge on any atom is -0.494 e. The maximum atomic E-state index is 13.6. The first-order chi connectivity index (χ1) is 21.7. The number of hydrogen-bond acceptors (Lipinski definition) is 5. The number of nitrogens with one attached hydrogen (secondary N) is 2. The number of hydrogen-bond donors (Lipinski definition) is 2. The summed E-state index contributed by atoms with van der Waals surface area (Å²) >= 11 is 0. The standard InChI is InChI=1S/C37H42N4O4/c1-37(2,3)45-36(43)38-21-12-4-5-13-22-44-30-20-14-17-28(23-30)25-32-35(42)41-26-33(29-18-10-7-11-19-29)39-31(34(41)40-32)24-27-15-8-6-9-16-27/h6-11,14-20,23,26,39H,4-5,12-13,21-22,24-25H2,1-3H3,(H,38,43). The Hall–Kier alpha value is -4.85. The number of nitrogens with zero attached hydrogens (tertiary/aromatic N) is 2. The maximum Gasteiger partial charge on any atom is 0.407 e. The van der Waals surface area contributed by atoms with Crippen molar-refractivity contribution in [2.24, 2.45) is 0 Å². The van der Waals surface area contributed by atoms with Crippen molar-refractivity contribution in [1.29, 1.82) is 0 Å². The van der Waals surface area contributed by atoms with Gasteiger partial charge in [-0.05, 0) is 62.4 Å². The topological polar surface area (TPSA) is 98.2 Å². The number of ether oxygens (including phenoxy) is 2. The number of H-pyrrole nitrogens is 1. The first kappa shape index (κ1) is 31.6. The van der Waals surface area contributed by atoms with Crippen LogP contribution in [0.1, 0.15) is 69.0 Å². The second-order valence-electron chi connectivity index (χ2n) is 12.2. The number of alkyl carbamates (subject to hydrolysis) is 1. The summed E-state index contributed by atoms with van der Waals surface area (Å²) in [5.74, 6) is 1.42. The molecule has 0 aromatic heterocycles. The third kappa shape index (κ3) is 9.08. The Labute approximate surface area is 264 Å². The quantitative estimate of drug-likeness (QED) is 0.137. The lowest BCUT2D eigenvalue weighted by Gasteiger charge is -2.19. The predicted molar refractivity (Wildman–Crippen MR) is 178 cm³/mol. The van der Waals surface area contributed by atoms with Crippen LogP contribution in [0.4, 0.5) is 4.79 Å². The van der Waals surface area contributed by atoms with Crippen LogP contribution in [0, 0.1) is 0 Å². The highest BCUT2D eigenvalue weighted by Crippen LogP contribution is 2.24. The largest absolute Gasteiger partial charge is 0.494 e. The number of unbranched alkanes of at least 4 members (excludes halogenated alkanes) is 3. The Bertz CT molecular complexity index is 1700. The highest BCUT2D eigenvalue weighted by molar-refractivity contribution is 5.67. The van der Waals surface area contributed by atoms with E-state index in [1.54, 1.807) is 4.57 Å². The molecule has 0 saturated heterocycles. The summed E-state index contributed by atoms with van der Waals surface area (Å²) in [6.45, 7) is 6.76. The molecule has 8 nitrogen and oxygen atoms in total. The summed E-state index contributed by atoms with van der Waals surface area (Å²) in [6, 6.07) is 28.1. The molecule has 0 bridgehead atoms. The first-order valence-corrected chi connectivity index (χ1v) is 15.7. The van der Waals surface area contributed by atoms with E-state index >= 15 is 0 Å². The van der Waals surface area contributed by atoms with Crippen LogP contribution in [-0.2, 0) is 17.6 Å². The number of carbonyl (C=O) groups is 1. The van der Waals surface area contributed by atoms with E-state index in [0.717, 1.165) is 59.5 Å². The molecule has 0 fully saturated rings. The monoisotopic (exact) mass is 606 g/mol. The summed E-state index contributed by atoms with van der Waals surface area (Å²) in [4.78, 5) is 33.8. The molecule has 5 rings (SSSR count). The van der Waals surface area contributed by atoms with Crippen LogP contribution in [0.15, 0.2) is 95.9 Å². The van der Waals surface area contributed by atoms with Gasteiger partial charge in [-0.15, -0.1) is 0 Å². The fourth-order valence-electron chi connectivity index (χ4n) is 5.19. The van der Waals surface area contributed by atoms with Gasteiger partial charge in [-0.25, -0.2) is 9.78 Å². The molecule has 2 aliphatic heterocycles. The Balaban J connectivity index is 1.21. The first-order valence-electron chi connectivity index (χ1n) is 15.7. The molecule has 2 heterocycles. The van der Waals surface area contributed by atoms with Gasteiger partial charge in [0.1, 0.15) is 17.0 Å². The van der Waals surface area contributed by atoms with Gasteiger partial charge < -0.3 is 19.8 Å². The van der Waals surface area contributed by atoms with Gasteiger partial charge in [0, 0.05) is 25.6 Å². The zero-order chi connectivity index (χ0) is 31.6. The highest BCUT2D eigenvalue weighted by atomic mass is 16.6. The van der Waals surface area contributed by atoms with Crippen molar-refractivity contribution in [1.82, 2.24) is 19.9 Å². The second-order valence-corrected chi connectivity index (χ2v) is 12.2. The van der Waals surface area contributed by atoms with Gasteiger partial charge in [0.15, 0.2) is 5.82 Å². The molecule has 0 atom stereocenters. The second kappa shape index (κ2) is 14.8. The van der Waals surface area contributed by atoms with Crippen LogP contribution in [0.2, 0.25) is 0 Å². The van der Waals surface area contributed by atoms with Crippen LogP contribution < -0.4 is 15.6 Å². The molecular formula is C37H42N4O4. The number of carbonyl (C=O) groups excluding carboxylic acids is 1. The number of amides is 1. The van der Waals surface area contributed by atoms with Crippen molar-refractivity contribution >= 4 is 6.09 Å². The van der Waals surface area contributed by atoms with Crippen LogP contribution in [0.5, 0.6) is 5.75 Å². The third-order valence-electron chi connectivity index (χ3n) is 7.33. The smallest absolute Gasteiger partial charge is 0.407 e. The number of benzene rings is 3. The van der Waals surface area contributed by atoms with Crippen LogP contribution in [-0.4, -0.2) is 39.4 Å². The summed E-state index contributed by atoms with van der Waals surface area (Å²) in [6.07, 6.45) is 6.32. The molecule has 2 N–H and O–H groups in total. The summed E-state index contributed by atoms with van der Waals surface area (Å²) in [7, 11) is 0. The SMILES string of the molecule is CC(C)(C)OC(=O)NCCCCCCOc1cccc(Cc2nc3c(Cc4ccccc4)[nH]c(-c4ccccc4)cn-3c2=O)c1. The lowest BCUT2D eigenvalue weighted by molar-refractivity contribution is 0.0527. The number of fused-ring (bicyclic) bond motifs is 1. The normalized spacial score (nSPS) is 11.4. The van der Waals surface area contributed by atoms with Crippen molar-refractivity contribution in [3.8, 4) is 22.8 Å². The Kier molecular flexibility index (Phi) is 10.3. The van der Waals surface area contributed by atoms with Gasteiger partial charge in [0.05, 0.1) is 18.0 Å². The van der Waals surface area contributed by atoms with Gasteiger partial charge in [0.25, 0.3) is 5.56 Å². The summed E-state index contributed by atoms with van der Waals surface area (Å²) < 4.78 is 13.0. The Morgan fingerprint density at radius 3 is 2.33 bits per heavy atom. The molecule has 0 radical (unpaired) electrons. The average Bonchev–Trinajstić information content (AvgIpc) is 3.33. The zero-order valence-electron chi connectivity index (χ0n) is 26.3. The molecule has 2 aliphatic rings. The number of aromatic nitrogens is 3. The molecule has 0 aliphatic carbocycles. The van der Waals surface area contributed by atoms with Crippen molar-refractivity contribution in [2.45, 2.75) is 64.9 Å². The summed E-state index contributed by atoms with van der Waals surface area (Å²) in [5, 5.41) is 2.80. The number of aromatic amines is 1. The summed E-state index contributed by atoms with van der Waals surface area (Å²) in [5.41, 5.74) is 4.77. The van der Waals surface area contributed by atoms with Crippen molar-refractivity contribution in [2.75, 3.05) is 13.2 Å². The minimum absolute atomic E-state index is 0.113.